The van der Waals surface area contributed by atoms with Crippen molar-refractivity contribution >= 4 is 175 Å². The van der Waals surface area contributed by atoms with E-state index >= 15 is 0 Å². The van der Waals surface area contributed by atoms with Crippen LogP contribution < -0.4 is 0 Å². The zero-order chi connectivity index (χ0) is 14.5. The van der Waals surface area contributed by atoms with Gasteiger partial charge in [0, 0.05) is 0 Å². The van der Waals surface area contributed by atoms with Crippen LogP contribution in [0.1, 0.15) is 0 Å². The van der Waals surface area contributed by atoms with Crippen LogP contribution in [0, 0.1) is 5.41 Å². The van der Waals surface area contributed by atoms with Crippen LogP contribution in [0.15, 0.2) is 0 Å². The Kier molecular flexibility index (Phi) is 9.17. The first-order valence-corrected chi connectivity index (χ1v) is 12.0. The lowest BCUT2D eigenvalue weighted by Gasteiger charge is -2.55. The van der Waals surface area contributed by atoms with Gasteiger partial charge in [0.05, 0.1) is 0 Å². The van der Waals surface area contributed by atoms with Crippen molar-refractivity contribution in [3.05, 3.63) is 0 Å². The van der Waals surface area contributed by atoms with Crippen LogP contribution in [-0.4, -0.2) is 15.0 Å². The molecule has 0 fully saturated rings. The molecule has 0 bridgehead atoms. The average molecular weight is 956 g/mol. The molecule has 0 heterocycles. The largest absolute Gasteiger partial charge is 0.369 e. The Morgan fingerprint density at radius 1 is 0.471 bits per heavy atom. The third-order valence-corrected chi connectivity index (χ3v) is 8.27. The van der Waals surface area contributed by atoms with E-state index in [9.17, 15) is 5.11 Å². The minimum absolute atomic E-state index is 0.922. The summed E-state index contributed by atoms with van der Waals surface area (Å²) in [7, 11) is 0. The van der Waals surface area contributed by atoms with Gasteiger partial charge in [0.15, 0.2) is 9.85 Å². The number of hydrogen-bond donors (Lipinski definition) is 1. The van der Waals surface area contributed by atoms with Crippen LogP contribution in [-0.2, 0) is 0 Å². The molecule has 0 aliphatic rings. The average Bonchev–Trinajstić information content (AvgIpc) is 1.67. The fourth-order valence-electron chi connectivity index (χ4n) is 0.994. The molecule has 0 saturated carbocycles. The molecule has 0 aliphatic carbocycles. The third kappa shape index (κ3) is 4.62. The predicted molar refractivity (Wildman–Crippen MR) is 114 cm³/mol. The predicted octanol–water partition coefficient (Wildman–Crippen LogP) is 7.92. The zero-order valence-corrected chi connectivity index (χ0v) is 24.6. The Labute approximate surface area is 192 Å². The van der Waals surface area contributed by atoms with Gasteiger partial charge >= 0.3 is 0 Å². The van der Waals surface area contributed by atoms with E-state index in [0.717, 1.165) is 0 Å². The van der Waals surface area contributed by atoms with E-state index in [0.29, 0.717) is 0 Å². The number of alkyl halides is 11. The Bertz CT molecular complexity index is 213. The lowest BCUT2D eigenvalue weighted by Crippen LogP contribution is -2.63. The summed E-state index contributed by atoms with van der Waals surface area (Å²) in [5.74, 6) is 0. The second-order valence-corrected chi connectivity index (χ2v) is 26.4. The van der Waals surface area contributed by atoms with Crippen LogP contribution in [0.25, 0.3) is 0 Å². The summed E-state index contributed by atoms with van der Waals surface area (Å²) >= 11 is 37.4. The van der Waals surface area contributed by atoms with E-state index in [4.69, 9.17) is 0 Å². The molecule has 0 radical (unpaired) electrons. The van der Waals surface area contributed by atoms with Crippen LogP contribution in [0.5, 0.6) is 0 Å². The molecule has 17 heavy (non-hydrogen) atoms. The summed E-state index contributed by atoms with van der Waals surface area (Å²) in [6.07, 6.45) is 0. The normalized spacial score (nSPS) is 16.2. The molecule has 0 unspecified atom stereocenters. The Balaban J connectivity index is 6.37. The van der Waals surface area contributed by atoms with Crippen molar-refractivity contribution in [2.45, 2.75) is 9.85 Å². The maximum atomic E-state index is 10.5. The second-order valence-electron chi connectivity index (χ2n) is 2.78. The number of hydrogen-bond acceptors (Lipinski definition) is 1. The summed E-state index contributed by atoms with van der Waals surface area (Å²) < 4.78 is -4.30. The summed E-state index contributed by atoms with van der Waals surface area (Å²) in [5, 5.41) is 10.5. The van der Waals surface area contributed by atoms with E-state index < -0.39 is 15.3 Å². The molecule has 0 spiro atoms. The van der Waals surface area contributed by atoms with Gasteiger partial charge in [-0.05, 0) is 31.9 Å². The molecular weight excluding hydrogens is 955 g/mol. The zero-order valence-electron chi connectivity index (χ0n) is 7.10. The minimum atomic E-state index is -1.53. The molecule has 0 aromatic rings. The Morgan fingerprint density at radius 3 is 0.647 bits per heavy atom. The number of aliphatic hydroxyl groups is 1. The van der Waals surface area contributed by atoms with Crippen molar-refractivity contribution in [2.24, 2.45) is 5.41 Å². The highest BCUT2D eigenvalue weighted by molar-refractivity contribution is 9.42. The molecule has 104 valence electrons. The maximum absolute atomic E-state index is 10.5. The smallest absolute Gasteiger partial charge is 0.189 e. The second kappa shape index (κ2) is 7.01. The fraction of sp³-hybridized carbons (Fsp3) is 1.00. The van der Waals surface area contributed by atoms with E-state index in [1.54, 1.807) is 0 Å². The highest BCUT2D eigenvalue weighted by atomic mass is 80.0. The van der Waals surface area contributed by atoms with E-state index in [1.165, 1.54) is 0 Å². The molecule has 1 nitrogen and oxygen atoms in total. The molecule has 1 N–H and O–H groups in total. The molecule has 0 amide bonds. The summed E-state index contributed by atoms with van der Waals surface area (Å²) in [5.41, 5.74) is -1.11. The fourth-order valence-corrected chi connectivity index (χ4v) is 22.7. The quantitative estimate of drug-likeness (QED) is 0.265. The van der Waals surface area contributed by atoms with Crippen molar-refractivity contribution in [1.82, 2.24) is 0 Å². The highest BCUT2D eigenvalue weighted by Crippen LogP contribution is 2.77. The monoisotopic (exact) mass is 945 g/mol. The first-order valence-electron chi connectivity index (χ1n) is 3.30. The van der Waals surface area contributed by atoms with Crippen molar-refractivity contribution in [3.63, 3.8) is 0 Å². The van der Waals surface area contributed by atoms with Gasteiger partial charge in [-0.2, -0.15) is 0 Å². The van der Waals surface area contributed by atoms with Gasteiger partial charge in [0.2, 0.25) is 0 Å². The molecule has 0 aromatic carbocycles. The maximum Gasteiger partial charge on any atom is 0.189 e. The van der Waals surface area contributed by atoms with Gasteiger partial charge in [-0.15, -0.1) is 0 Å². The lowest BCUT2D eigenvalue weighted by molar-refractivity contribution is 0.111. The molecule has 0 aromatic heterocycles. The summed E-state index contributed by atoms with van der Waals surface area (Å²) in [4.78, 5) is 0. The first kappa shape index (κ1) is 22.2. The topological polar surface area (TPSA) is 20.2 Å². The van der Waals surface area contributed by atoms with Gasteiger partial charge in [0.25, 0.3) is 0 Å². The summed E-state index contributed by atoms with van der Waals surface area (Å²) in [6.45, 7) is 0. The van der Waals surface area contributed by atoms with Crippen LogP contribution in [0.4, 0.5) is 0 Å². The SMILES string of the molecule is OC(Br)(Br)C(C(Br)(Br)Br)(C(Br)(Br)Br)C(Br)(Br)Br. The van der Waals surface area contributed by atoms with Crippen molar-refractivity contribution in [2.75, 3.05) is 0 Å². The van der Waals surface area contributed by atoms with E-state index in [2.05, 4.69) is 175 Å². The first-order chi connectivity index (χ1) is 7.00. The molecule has 12 heteroatoms. The molecular formula is C5HBr11O. The lowest BCUT2D eigenvalue weighted by atomic mass is 9.97. The van der Waals surface area contributed by atoms with Crippen molar-refractivity contribution < 1.29 is 5.11 Å². The van der Waals surface area contributed by atoms with E-state index in [1.807, 2.05) is 0 Å². The van der Waals surface area contributed by atoms with Gasteiger partial charge in [-0.25, -0.2) is 0 Å². The number of halogens is 11. The highest BCUT2D eigenvalue weighted by Gasteiger charge is 2.76. The standard InChI is InChI=1S/C5HBr11O/c6-2(7,8)1(3(9,10)11,4(12,13)14)5(15,16)17/h17H. The van der Waals surface area contributed by atoms with Gasteiger partial charge < -0.3 is 5.11 Å². The molecule has 0 atom stereocenters. The van der Waals surface area contributed by atoms with Crippen LogP contribution in [0.2, 0.25) is 0 Å². The molecule has 0 aliphatic heterocycles. The summed E-state index contributed by atoms with van der Waals surface area (Å²) in [6, 6.07) is 0. The van der Waals surface area contributed by atoms with Gasteiger partial charge in [-0.1, -0.05) is 143 Å². The molecule has 0 rings (SSSR count). The van der Waals surface area contributed by atoms with Crippen molar-refractivity contribution in [3.8, 4) is 0 Å². The van der Waals surface area contributed by atoms with Gasteiger partial charge in [0.1, 0.15) is 5.41 Å². The van der Waals surface area contributed by atoms with Crippen LogP contribution >= 0.6 is 175 Å². The van der Waals surface area contributed by atoms with Crippen molar-refractivity contribution in [1.29, 1.82) is 0 Å². The Morgan fingerprint density at radius 2 is 0.647 bits per heavy atom. The number of rotatable bonds is 1. The Hall–Kier alpha value is 5.24. The third-order valence-electron chi connectivity index (χ3n) is 1.73. The minimum Gasteiger partial charge on any atom is -0.369 e. The van der Waals surface area contributed by atoms with Crippen LogP contribution in [0.3, 0.4) is 0 Å². The molecule has 0 saturated heterocycles. The van der Waals surface area contributed by atoms with E-state index in [-0.39, 0.29) is 0 Å². The van der Waals surface area contributed by atoms with Gasteiger partial charge in [-0.3, -0.25) is 0 Å².